The minimum absolute atomic E-state index is 0.0233. The Balaban J connectivity index is 0.000000356. The molecule has 1 amide bonds. The number of carbonyl (C=O) groups excluding carboxylic acids is 1. The number of nitrogens with one attached hydrogen (secondary N) is 2. The van der Waals surface area contributed by atoms with Crippen LogP contribution >= 0.6 is 11.6 Å². The van der Waals surface area contributed by atoms with Crippen LogP contribution in [0.3, 0.4) is 0 Å². The molecule has 0 aliphatic carbocycles. The van der Waals surface area contributed by atoms with E-state index in [2.05, 4.69) is 33.8 Å². The monoisotopic (exact) mass is 498 g/mol. The molecule has 0 bridgehead atoms. The summed E-state index contributed by atoms with van der Waals surface area (Å²) in [5.74, 6) is 0.837. The second-order valence-corrected chi connectivity index (χ2v) is 9.33. The number of H-pyrrole nitrogens is 2. The molecule has 1 aromatic carbocycles. The predicted octanol–water partition coefficient (Wildman–Crippen LogP) is 1.90. The number of fused-ring (bicyclic) bond motifs is 1. The maximum Gasteiger partial charge on any atom is 0.252 e. The first-order valence-electron chi connectivity index (χ1n) is 11.3. The van der Waals surface area contributed by atoms with Gasteiger partial charge in [-0.25, -0.2) is 9.97 Å². The van der Waals surface area contributed by atoms with Gasteiger partial charge in [-0.1, -0.05) is 31.5 Å². The van der Waals surface area contributed by atoms with Crippen molar-refractivity contribution in [2.45, 2.75) is 25.7 Å². The lowest BCUT2D eigenvalue weighted by Gasteiger charge is -2.27. The van der Waals surface area contributed by atoms with Gasteiger partial charge in [0.25, 0.3) is 11.1 Å². The molecule has 0 unspecified atom stereocenters. The average molecular weight is 499 g/mol. The van der Waals surface area contributed by atoms with Crippen LogP contribution in [0.5, 0.6) is 0 Å². The van der Waals surface area contributed by atoms with Crippen molar-refractivity contribution in [2.24, 2.45) is 0 Å². The van der Waals surface area contributed by atoms with Crippen molar-refractivity contribution in [1.29, 1.82) is 0 Å². The van der Waals surface area contributed by atoms with E-state index in [1.54, 1.807) is 4.90 Å². The molecule has 0 spiro atoms. The molecular formula is C24H27ClN6O4. The zero-order valence-electron chi connectivity index (χ0n) is 19.6. The van der Waals surface area contributed by atoms with Crippen molar-refractivity contribution in [3.05, 3.63) is 80.0 Å². The van der Waals surface area contributed by atoms with Crippen LogP contribution in [0, 0.1) is 0 Å². The molecular weight excluding hydrogens is 472 g/mol. The number of hydrogen-bond acceptors (Lipinski definition) is 7. The summed E-state index contributed by atoms with van der Waals surface area (Å²) in [5.41, 5.74) is 1.20. The Bertz CT molecular complexity index is 1300. The molecule has 5 rings (SSSR count). The number of carbonyl (C=O) groups is 1. The summed E-state index contributed by atoms with van der Waals surface area (Å²) in [6.45, 7) is 7.24. The third-order valence-electron chi connectivity index (χ3n) is 5.84. The molecule has 0 radical (unpaired) electrons. The molecule has 2 N–H and O–H groups in total. The summed E-state index contributed by atoms with van der Waals surface area (Å²) in [5, 5.41) is 0.665. The van der Waals surface area contributed by atoms with Gasteiger partial charge in [0.2, 0.25) is 5.91 Å². The van der Waals surface area contributed by atoms with Crippen LogP contribution in [0.25, 0.3) is 0 Å². The zero-order chi connectivity index (χ0) is 25.0. The molecule has 2 aromatic heterocycles. The molecule has 35 heavy (non-hydrogen) atoms. The number of aromatic amines is 2. The highest BCUT2D eigenvalue weighted by molar-refractivity contribution is 6.32. The van der Waals surface area contributed by atoms with E-state index in [1.165, 1.54) is 24.7 Å². The van der Waals surface area contributed by atoms with Crippen molar-refractivity contribution in [3.63, 3.8) is 0 Å². The summed E-state index contributed by atoms with van der Waals surface area (Å²) in [6.07, 6.45) is 2.82. The van der Waals surface area contributed by atoms with Gasteiger partial charge in [0.1, 0.15) is 11.6 Å². The number of amides is 1. The van der Waals surface area contributed by atoms with Crippen molar-refractivity contribution in [1.82, 2.24) is 19.9 Å². The van der Waals surface area contributed by atoms with Crippen LogP contribution < -0.4 is 20.9 Å². The van der Waals surface area contributed by atoms with Gasteiger partial charge in [0.05, 0.1) is 26.0 Å². The summed E-state index contributed by atoms with van der Waals surface area (Å²) >= 11 is 6.40. The maximum absolute atomic E-state index is 13.1. The van der Waals surface area contributed by atoms with Gasteiger partial charge in [-0.05, 0) is 12.1 Å². The summed E-state index contributed by atoms with van der Waals surface area (Å²) in [7, 11) is 0. The van der Waals surface area contributed by atoms with E-state index in [1.807, 2.05) is 23.1 Å². The van der Waals surface area contributed by atoms with Crippen molar-refractivity contribution in [3.8, 4) is 0 Å². The summed E-state index contributed by atoms with van der Waals surface area (Å²) in [6, 6.07) is 8.44. The van der Waals surface area contributed by atoms with Crippen molar-refractivity contribution < 1.29 is 9.53 Å². The number of benzene rings is 1. The van der Waals surface area contributed by atoms with Gasteiger partial charge in [-0.3, -0.25) is 14.4 Å². The molecule has 2 aliphatic rings. The Morgan fingerprint density at radius 2 is 1.94 bits per heavy atom. The third-order valence-corrected chi connectivity index (χ3v) is 6.15. The maximum atomic E-state index is 13.1. The van der Waals surface area contributed by atoms with Gasteiger partial charge in [-0.15, -0.1) is 0 Å². The topological polar surface area (TPSA) is 124 Å². The van der Waals surface area contributed by atoms with Crippen LogP contribution in [0.2, 0.25) is 5.02 Å². The average Bonchev–Trinajstić information content (AvgIpc) is 3.12. The minimum Gasteiger partial charge on any atom is -0.378 e. The largest absolute Gasteiger partial charge is 0.378 e. The van der Waals surface area contributed by atoms with E-state index in [4.69, 9.17) is 16.3 Å². The molecule has 0 saturated carbocycles. The van der Waals surface area contributed by atoms with E-state index in [-0.39, 0.29) is 28.9 Å². The number of halogens is 1. The molecule has 3 aromatic rings. The van der Waals surface area contributed by atoms with Gasteiger partial charge in [-0.2, -0.15) is 0 Å². The van der Waals surface area contributed by atoms with Gasteiger partial charge >= 0.3 is 0 Å². The van der Waals surface area contributed by atoms with E-state index >= 15 is 0 Å². The number of anilines is 2. The fraction of sp³-hybridized carbons (Fsp3) is 0.375. The molecule has 2 aliphatic heterocycles. The highest BCUT2D eigenvalue weighted by Crippen LogP contribution is 2.44. The highest BCUT2D eigenvalue weighted by Gasteiger charge is 2.39. The van der Waals surface area contributed by atoms with E-state index in [9.17, 15) is 14.4 Å². The number of aromatic nitrogens is 4. The lowest BCUT2D eigenvalue weighted by molar-refractivity contribution is -0.118. The Morgan fingerprint density at radius 1 is 1.17 bits per heavy atom. The minimum atomic E-state index is -0.260. The van der Waals surface area contributed by atoms with E-state index < -0.39 is 0 Å². The quantitative estimate of drug-likeness (QED) is 0.565. The lowest BCUT2D eigenvalue weighted by atomic mass is 9.87. The van der Waals surface area contributed by atoms with Crippen LogP contribution in [-0.2, 0) is 21.4 Å². The Kier molecular flexibility index (Phi) is 7.32. The Labute approximate surface area is 206 Å². The zero-order valence-corrected chi connectivity index (χ0v) is 20.3. The number of morpholine rings is 1. The summed E-state index contributed by atoms with van der Waals surface area (Å²) < 4.78 is 5.35. The van der Waals surface area contributed by atoms with Gasteiger partial charge in [0, 0.05) is 59.7 Å². The fourth-order valence-electron chi connectivity index (χ4n) is 4.26. The van der Waals surface area contributed by atoms with Crippen molar-refractivity contribution in [2.75, 3.05) is 42.6 Å². The fourth-order valence-corrected chi connectivity index (χ4v) is 4.69. The second kappa shape index (κ2) is 10.4. The molecule has 10 nitrogen and oxygen atoms in total. The first-order chi connectivity index (χ1) is 16.7. The number of hydrogen-bond donors (Lipinski definition) is 2. The van der Waals surface area contributed by atoms with E-state index in [0.717, 1.165) is 11.3 Å². The molecule has 1 saturated heterocycles. The first-order valence-corrected chi connectivity index (χ1v) is 11.6. The van der Waals surface area contributed by atoms with E-state index in [0.29, 0.717) is 49.5 Å². The molecule has 0 atom stereocenters. The van der Waals surface area contributed by atoms with Crippen LogP contribution in [0.4, 0.5) is 11.5 Å². The summed E-state index contributed by atoms with van der Waals surface area (Å²) in [4.78, 5) is 52.3. The highest BCUT2D eigenvalue weighted by atomic mass is 35.5. The molecule has 11 heteroatoms. The number of rotatable bonds is 3. The van der Waals surface area contributed by atoms with Gasteiger partial charge in [0.15, 0.2) is 0 Å². The Hall–Kier alpha value is -3.50. The molecule has 1 fully saturated rings. The van der Waals surface area contributed by atoms with Crippen LogP contribution in [0.15, 0.2) is 52.4 Å². The predicted molar refractivity (Wildman–Crippen MR) is 133 cm³/mol. The van der Waals surface area contributed by atoms with Gasteiger partial charge < -0.3 is 24.5 Å². The third kappa shape index (κ3) is 5.77. The molecule has 4 heterocycles. The Morgan fingerprint density at radius 3 is 2.60 bits per heavy atom. The number of nitrogens with zero attached hydrogens (tertiary/aromatic N) is 4. The molecule has 184 valence electrons. The smallest absolute Gasteiger partial charge is 0.252 e. The normalized spacial score (nSPS) is 16.3. The lowest BCUT2D eigenvalue weighted by Crippen LogP contribution is -2.38. The van der Waals surface area contributed by atoms with Crippen LogP contribution in [0.1, 0.15) is 25.2 Å². The number of ether oxygens (including phenoxy) is 1. The van der Waals surface area contributed by atoms with Crippen molar-refractivity contribution >= 4 is 29.0 Å². The standard InChI is InChI=1S/C20H23ClN4O3.C4H4N2O/c1-20(2)12-25(14-5-3-4-13(21)19(14)20)18(27)10-15-22-16(11-17(26)23-15)24-6-8-28-9-7-24;7-4-1-2-5-3-6-4/h3-5,11H,6-10,12H2,1-2H3,(H,22,23,26);1-3H,(H,5,6,7). The van der Waals surface area contributed by atoms with Crippen LogP contribution in [-0.4, -0.2) is 58.7 Å². The first kappa shape index (κ1) is 24.6. The second-order valence-electron chi connectivity index (χ2n) is 8.93. The SMILES string of the molecule is CC1(C)CN(C(=O)Cc2nc(N3CCOCC3)cc(=O)[nH]2)c2cccc(Cl)c21.O=c1ccnc[nH]1.